The van der Waals surface area contributed by atoms with Crippen molar-refractivity contribution in [2.75, 3.05) is 6.54 Å². The summed E-state index contributed by atoms with van der Waals surface area (Å²) in [7, 11) is 0. The standard InChI is InChI=1S/C17H27NO2/c1-6-9-18(12(2)3)15-11-17(4,5)20-16-10-13(19)7-8-14(15)16/h7-8,10,12,15,19H,6,9,11H2,1-5H3. The molecule has 1 N–H and O–H groups in total. The van der Waals surface area contributed by atoms with Crippen molar-refractivity contribution in [2.45, 2.75) is 65.1 Å². The SMILES string of the molecule is CCCN(C(C)C)C1CC(C)(C)Oc2cc(O)ccc21. The van der Waals surface area contributed by atoms with Crippen LogP contribution in [0, 0.1) is 0 Å². The Balaban J connectivity index is 2.42. The van der Waals surface area contributed by atoms with Gasteiger partial charge in [0.15, 0.2) is 0 Å². The van der Waals surface area contributed by atoms with Gasteiger partial charge in [-0.05, 0) is 46.7 Å². The Morgan fingerprint density at radius 1 is 1.40 bits per heavy atom. The molecule has 3 nitrogen and oxygen atoms in total. The summed E-state index contributed by atoms with van der Waals surface area (Å²) in [5, 5.41) is 9.70. The van der Waals surface area contributed by atoms with Gasteiger partial charge >= 0.3 is 0 Å². The second-order valence-electron chi connectivity index (χ2n) is 6.64. The molecule has 0 radical (unpaired) electrons. The van der Waals surface area contributed by atoms with Gasteiger partial charge in [0.05, 0.1) is 0 Å². The number of hydrogen-bond acceptors (Lipinski definition) is 3. The van der Waals surface area contributed by atoms with Crippen LogP contribution in [0.2, 0.25) is 0 Å². The van der Waals surface area contributed by atoms with Crippen molar-refractivity contribution in [3.63, 3.8) is 0 Å². The maximum atomic E-state index is 9.70. The first-order valence-corrected chi connectivity index (χ1v) is 7.61. The Kier molecular flexibility index (Phi) is 4.28. The Labute approximate surface area is 122 Å². The van der Waals surface area contributed by atoms with Gasteiger partial charge in [0, 0.05) is 30.1 Å². The molecule has 1 atom stereocenters. The Bertz CT molecular complexity index is 468. The lowest BCUT2D eigenvalue weighted by atomic mass is 9.88. The Hall–Kier alpha value is -1.22. The first-order valence-electron chi connectivity index (χ1n) is 7.61. The third-order valence-corrected chi connectivity index (χ3v) is 3.97. The van der Waals surface area contributed by atoms with Gasteiger partial charge in [0.2, 0.25) is 0 Å². The van der Waals surface area contributed by atoms with E-state index in [0.29, 0.717) is 12.1 Å². The molecule has 2 rings (SSSR count). The molecule has 1 aromatic rings. The van der Waals surface area contributed by atoms with E-state index < -0.39 is 0 Å². The van der Waals surface area contributed by atoms with E-state index in [0.717, 1.165) is 25.1 Å². The second kappa shape index (κ2) is 5.65. The number of ether oxygens (including phenoxy) is 1. The quantitative estimate of drug-likeness (QED) is 0.898. The van der Waals surface area contributed by atoms with Gasteiger partial charge in [-0.15, -0.1) is 0 Å². The van der Waals surface area contributed by atoms with E-state index in [4.69, 9.17) is 4.74 Å². The van der Waals surface area contributed by atoms with Crippen LogP contribution in [0.4, 0.5) is 0 Å². The van der Waals surface area contributed by atoms with E-state index in [-0.39, 0.29) is 11.4 Å². The van der Waals surface area contributed by atoms with Crippen LogP contribution in [-0.4, -0.2) is 28.2 Å². The van der Waals surface area contributed by atoms with Crippen molar-refractivity contribution < 1.29 is 9.84 Å². The van der Waals surface area contributed by atoms with Crippen molar-refractivity contribution in [1.29, 1.82) is 0 Å². The highest BCUT2D eigenvalue weighted by atomic mass is 16.5. The number of rotatable bonds is 4. The van der Waals surface area contributed by atoms with Crippen LogP contribution in [0.3, 0.4) is 0 Å². The van der Waals surface area contributed by atoms with Crippen LogP contribution in [0.5, 0.6) is 11.5 Å². The number of nitrogens with zero attached hydrogens (tertiary/aromatic N) is 1. The van der Waals surface area contributed by atoms with Crippen LogP contribution >= 0.6 is 0 Å². The smallest absolute Gasteiger partial charge is 0.128 e. The molecule has 0 saturated carbocycles. The van der Waals surface area contributed by atoms with Crippen LogP contribution in [0.15, 0.2) is 18.2 Å². The highest BCUT2D eigenvalue weighted by Gasteiger charge is 2.37. The molecular weight excluding hydrogens is 250 g/mol. The molecule has 112 valence electrons. The molecule has 0 amide bonds. The zero-order valence-corrected chi connectivity index (χ0v) is 13.3. The molecule has 0 saturated heterocycles. The monoisotopic (exact) mass is 277 g/mol. The highest BCUT2D eigenvalue weighted by molar-refractivity contribution is 5.44. The highest BCUT2D eigenvalue weighted by Crippen LogP contribution is 2.44. The molecule has 1 aliphatic rings. The topological polar surface area (TPSA) is 32.7 Å². The van der Waals surface area contributed by atoms with Crippen LogP contribution in [0.25, 0.3) is 0 Å². The zero-order chi connectivity index (χ0) is 14.9. The second-order valence-corrected chi connectivity index (χ2v) is 6.64. The zero-order valence-electron chi connectivity index (χ0n) is 13.3. The lowest BCUT2D eigenvalue weighted by molar-refractivity contribution is 0.0193. The summed E-state index contributed by atoms with van der Waals surface area (Å²) in [6.07, 6.45) is 2.12. The van der Waals surface area contributed by atoms with E-state index in [1.54, 1.807) is 12.1 Å². The largest absolute Gasteiger partial charge is 0.508 e. The maximum Gasteiger partial charge on any atom is 0.128 e. The van der Waals surface area contributed by atoms with Gasteiger partial charge < -0.3 is 9.84 Å². The first-order chi connectivity index (χ1) is 9.34. The summed E-state index contributed by atoms with van der Waals surface area (Å²) in [5.41, 5.74) is 0.996. The number of benzene rings is 1. The minimum absolute atomic E-state index is 0.202. The fourth-order valence-corrected chi connectivity index (χ4v) is 3.13. The van der Waals surface area contributed by atoms with Crippen LogP contribution < -0.4 is 4.74 Å². The Morgan fingerprint density at radius 2 is 2.10 bits per heavy atom. The summed E-state index contributed by atoms with van der Waals surface area (Å²) in [4.78, 5) is 2.54. The van der Waals surface area contributed by atoms with Crippen molar-refractivity contribution in [2.24, 2.45) is 0 Å². The summed E-state index contributed by atoms with van der Waals surface area (Å²) in [6, 6.07) is 6.37. The predicted molar refractivity (Wildman–Crippen MR) is 82.3 cm³/mol. The fraction of sp³-hybridized carbons (Fsp3) is 0.647. The number of phenols is 1. The van der Waals surface area contributed by atoms with Crippen LogP contribution in [-0.2, 0) is 0 Å². The van der Waals surface area contributed by atoms with Gasteiger partial charge in [-0.3, -0.25) is 4.90 Å². The number of hydrogen-bond donors (Lipinski definition) is 1. The number of aromatic hydroxyl groups is 1. The van der Waals surface area contributed by atoms with Gasteiger partial charge in [0.25, 0.3) is 0 Å². The molecule has 20 heavy (non-hydrogen) atoms. The molecule has 0 bridgehead atoms. The molecule has 1 aliphatic heterocycles. The normalized spacial score (nSPS) is 20.9. The third-order valence-electron chi connectivity index (χ3n) is 3.97. The van der Waals surface area contributed by atoms with Crippen LogP contribution in [0.1, 0.15) is 59.1 Å². The van der Waals surface area contributed by atoms with Gasteiger partial charge in [0.1, 0.15) is 17.1 Å². The lowest BCUT2D eigenvalue weighted by Crippen LogP contribution is -2.44. The first kappa shape index (κ1) is 15.2. The molecule has 0 spiro atoms. The van der Waals surface area contributed by atoms with Crippen molar-refractivity contribution in [3.05, 3.63) is 23.8 Å². The molecule has 0 fully saturated rings. The predicted octanol–water partition coefficient (Wildman–Crippen LogP) is 4.11. The minimum Gasteiger partial charge on any atom is -0.508 e. The molecular formula is C17H27NO2. The summed E-state index contributed by atoms with van der Waals surface area (Å²) in [5.74, 6) is 1.10. The minimum atomic E-state index is -0.202. The lowest BCUT2D eigenvalue weighted by Gasteiger charge is -2.44. The summed E-state index contributed by atoms with van der Waals surface area (Å²) in [6.45, 7) is 12.0. The molecule has 1 heterocycles. The van der Waals surface area contributed by atoms with Gasteiger partial charge in [-0.25, -0.2) is 0 Å². The molecule has 1 aromatic carbocycles. The summed E-state index contributed by atoms with van der Waals surface area (Å²) >= 11 is 0. The average molecular weight is 277 g/mol. The van der Waals surface area contributed by atoms with E-state index in [1.165, 1.54) is 5.56 Å². The maximum absolute atomic E-state index is 9.70. The van der Waals surface area contributed by atoms with Crippen molar-refractivity contribution in [1.82, 2.24) is 4.90 Å². The summed E-state index contributed by atoms with van der Waals surface area (Å²) < 4.78 is 6.05. The average Bonchev–Trinajstić information content (AvgIpc) is 2.32. The Morgan fingerprint density at radius 3 is 2.70 bits per heavy atom. The van der Waals surface area contributed by atoms with Crippen molar-refractivity contribution in [3.8, 4) is 11.5 Å². The van der Waals surface area contributed by atoms with E-state index in [2.05, 4.69) is 39.5 Å². The van der Waals surface area contributed by atoms with E-state index in [9.17, 15) is 5.11 Å². The van der Waals surface area contributed by atoms with E-state index >= 15 is 0 Å². The van der Waals surface area contributed by atoms with Crippen molar-refractivity contribution >= 4 is 0 Å². The fourth-order valence-electron chi connectivity index (χ4n) is 3.13. The molecule has 3 heteroatoms. The third kappa shape index (κ3) is 3.09. The molecule has 0 aliphatic carbocycles. The van der Waals surface area contributed by atoms with E-state index in [1.807, 2.05) is 6.07 Å². The van der Waals surface area contributed by atoms with Gasteiger partial charge in [-0.2, -0.15) is 0 Å². The van der Waals surface area contributed by atoms with Gasteiger partial charge in [-0.1, -0.05) is 13.0 Å². The number of phenolic OH excluding ortho intramolecular Hbond substituents is 1. The molecule has 0 aromatic heterocycles. The number of fused-ring (bicyclic) bond motifs is 1. The molecule has 1 unspecified atom stereocenters.